The Morgan fingerprint density at radius 2 is 0.822 bits per heavy atom. The van der Waals surface area contributed by atoms with Gasteiger partial charge in [-0.1, -0.05) is 141 Å². The van der Waals surface area contributed by atoms with Crippen LogP contribution in [0.5, 0.6) is 0 Å². The topological polar surface area (TPSA) is 57.1 Å². The summed E-state index contributed by atoms with van der Waals surface area (Å²) in [6, 6.07) is 82.0. The standard InChI is InChI=1S/C22H17N3.C20H14N2O.C16H12N2O.C16H12N2S.4Ir/c1-23-14-15-24(16-23)21-13-7-11-19-18-10-5-6-12-20(18)25(22(19)21)17-8-3-2-4-9-17;1-21-13-22(17-10-4-3-9-16(17)21)18-11-6-8-15-14-7-2-5-12-19(14)23-20(15)18;2*1-17-9-10-18(11-17)14-7-4-6-13-12-5-2-3-8-15(12)19-16(13)14;;;;/h2-12,14-16H,1H3;2-10,12-13H,1H3;2*2-6,8-11H,1H3;;;;/q4*-2;;;;. The molecule has 16 heteroatoms. The molecule has 0 fully saturated rings. The third-order valence-corrected chi connectivity index (χ3v) is 16.9. The fourth-order valence-corrected chi connectivity index (χ4v) is 13.0. The summed E-state index contributed by atoms with van der Waals surface area (Å²) < 4.78 is 17.1. The summed E-state index contributed by atoms with van der Waals surface area (Å²) in [5, 5.41) is 9.66. The molecule has 10 aromatic carbocycles. The Morgan fingerprint density at radius 3 is 1.43 bits per heavy atom. The second-order valence-electron chi connectivity index (χ2n) is 21.3. The number of nitrogens with zero attached hydrogens (tertiary/aromatic N) is 9. The summed E-state index contributed by atoms with van der Waals surface area (Å²) in [6.45, 7) is 8.20. The van der Waals surface area contributed by atoms with E-state index >= 15 is 0 Å². The summed E-state index contributed by atoms with van der Waals surface area (Å²) in [7, 11) is 8.11. The van der Waals surface area contributed by atoms with Gasteiger partial charge in [0.1, 0.15) is 11.2 Å². The van der Waals surface area contributed by atoms with Gasteiger partial charge in [-0.3, -0.25) is 0 Å². The van der Waals surface area contributed by atoms with Crippen molar-refractivity contribution in [3.63, 3.8) is 0 Å². The molecule has 90 heavy (non-hydrogen) atoms. The van der Waals surface area contributed by atoms with E-state index in [2.05, 4.69) is 221 Å². The number of rotatable bonds is 5. The number of thiophene rings is 1. The zero-order valence-corrected chi connectivity index (χ0v) is 59.3. The fourth-order valence-electron chi connectivity index (χ4n) is 11.8. The van der Waals surface area contributed by atoms with Gasteiger partial charge >= 0.3 is 0 Å². The van der Waals surface area contributed by atoms with Crippen molar-refractivity contribution >= 4 is 131 Å². The largest absolute Gasteiger partial charge is 0.514 e. The molecule has 11 nitrogen and oxygen atoms in total. The first kappa shape index (κ1) is 63.6. The van der Waals surface area contributed by atoms with E-state index in [9.17, 15) is 0 Å². The van der Waals surface area contributed by atoms with Gasteiger partial charge in [0.2, 0.25) is 0 Å². The summed E-state index contributed by atoms with van der Waals surface area (Å²) >= 11 is 1.83. The van der Waals surface area contributed by atoms with E-state index in [1.807, 2.05) is 150 Å². The molecule has 0 saturated carbocycles. The van der Waals surface area contributed by atoms with Gasteiger partial charge < -0.3 is 52.6 Å². The molecular weight excluding hydrogens is 1850 g/mol. The van der Waals surface area contributed by atoms with Crippen LogP contribution in [0, 0.1) is 50.9 Å². The maximum atomic E-state index is 6.13. The normalized spacial score (nSPS) is 13.8. The van der Waals surface area contributed by atoms with Crippen LogP contribution in [0.3, 0.4) is 0 Å². The van der Waals surface area contributed by atoms with Crippen LogP contribution in [0.15, 0.2) is 246 Å². The molecular formula is C74H55Ir4N9O2S-8. The summed E-state index contributed by atoms with van der Waals surface area (Å²) in [5.74, 6) is 0. The second kappa shape index (κ2) is 27.2. The maximum Gasteiger partial charge on any atom is 0.116 e. The van der Waals surface area contributed by atoms with Gasteiger partial charge in [0.25, 0.3) is 0 Å². The summed E-state index contributed by atoms with van der Waals surface area (Å²) in [6.07, 6.45) is 12.2. The molecule has 4 aliphatic rings. The number of hydrogen-bond donors (Lipinski definition) is 0. The molecule has 0 aliphatic carbocycles. The van der Waals surface area contributed by atoms with Crippen LogP contribution in [0.1, 0.15) is 0 Å². The van der Waals surface area contributed by atoms with E-state index < -0.39 is 0 Å². The predicted molar refractivity (Wildman–Crippen MR) is 355 cm³/mol. The molecule has 0 amide bonds. The number of furan rings is 2. The first-order valence-electron chi connectivity index (χ1n) is 28.3. The Balaban J connectivity index is 0.000000122. The smallest absolute Gasteiger partial charge is 0.116 e. The first-order valence-corrected chi connectivity index (χ1v) is 29.1. The quantitative estimate of drug-likeness (QED) is 0.156. The second-order valence-corrected chi connectivity index (χ2v) is 22.4. The molecule has 0 unspecified atom stereocenters. The monoisotopic (exact) mass is 1910 g/mol. The number of benzene rings is 10. The predicted octanol–water partition coefficient (Wildman–Crippen LogP) is 17.9. The van der Waals surface area contributed by atoms with Crippen molar-refractivity contribution in [3.05, 3.63) is 288 Å². The molecule has 4 radical (unpaired) electrons. The van der Waals surface area contributed by atoms with Gasteiger partial charge in [-0.15, -0.1) is 10.8 Å². The van der Waals surface area contributed by atoms with Crippen molar-refractivity contribution < 1.29 is 89.3 Å². The zero-order valence-electron chi connectivity index (χ0n) is 48.9. The molecule has 4 aromatic heterocycles. The van der Waals surface area contributed by atoms with Gasteiger partial charge in [-0.05, 0) is 130 Å². The third kappa shape index (κ3) is 11.8. The zero-order chi connectivity index (χ0) is 57.8. The number of para-hydroxylation sites is 6. The van der Waals surface area contributed by atoms with Crippen molar-refractivity contribution in [1.82, 2.24) is 19.3 Å². The van der Waals surface area contributed by atoms with E-state index in [0.29, 0.717) is 0 Å². The van der Waals surface area contributed by atoms with Gasteiger partial charge in [-0.2, -0.15) is 99.5 Å². The molecule has 0 bridgehead atoms. The van der Waals surface area contributed by atoms with E-state index in [4.69, 9.17) is 8.83 Å². The van der Waals surface area contributed by atoms with Crippen molar-refractivity contribution in [3.8, 4) is 5.69 Å². The van der Waals surface area contributed by atoms with Gasteiger partial charge in [0, 0.05) is 130 Å². The first-order chi connectivity index (χ1) is 42.3. The molecule has 8 heterocycles. The molecule has 0 saturated heterocycles. The van der Waals surface area contributed by atoms with Gasteiger partial charge in [0.15, 0.2) is 0 Å². The SMILES string of the molecule is CN1C=CN(c2[c-]ccc3c2oc2ccccc23)[CH-]1.CN1C=CN(c2[c-]ccc3c2sc2ccccc23)[CH-]1.CN1C=CN(c2[c-]ccc3c4ccccc4n(-c4ccccc4)c23)[CH-]1.CN1[CH-]N(c2[c-]ccc3c2oc2ccccc23)c2ccccc21.[Ir].[Ir].[Ir].[Ir]. The molecule has 14 aromatic rings. The van der Waals surface area contributed by atoms with Crippen LogP contribution >= 0.6 is 11.3 Å². The average molecular weight is 1900 g/mol. The Labute approximate surface area is 581 Å². The third-order valence-electron chi connectivity index (χ3n) is 15.7. The van der Waals surface area contributed by atoms with E-state index in [-0.39, 0.29) is 80.4 Å². The fraction of sp³-hybridized carbons (Fsp3) is 0.0541. The molecule has 0 spiro atoms. The van der Waals surface area contributed by atoms with Crippen molar-refractivity contribution in [1.29, 1.82) is 0 Å². The molecule has 0 N–H and O–H groups in total. The molecule has 4 aliphatic heterocycles. The summed E-state index contributed by atoms with van der Waals surface area (Å²) in [5.41, 5.74) is 13.5. The minimum atomic E-state index is 0. The van der Waals surface area contributed by atoms with E-state index in [0.717, 1.165) is 78.0 Å². The van der Waals surface area contributed by atoms with Gasteiger partial charge in [-0.25, -0.2) is 11.3 Å². The number of anilines is 6. The number of aromatic nitrogens is 1. The van der Waals surface area contributed by atoms with Gasteiger partial charge in [0.05, 0.1) is 0 Å². The van der Waals surface area contributed by atoms with Crippen molar-refractivity contribution in [2.24, 2.45) is 0 Å². The Hall–Kier alpha value is -7.96. The van der Waals surface area contributed by atoms with Crippen LogP contribution in [-0.4, -0.2) is 47.5 Å². The molecule has 18 rings (SSSR count). The summed E-state index contributed by atoms with van der Waals surface area (Å²) in [4.78, 5) is 16.6. The number of hydrogen-bond acceptors (Lipinski definition) is 11. The van der Waals surface area contributed by atoms with Crippen LogP contribution in [0.4, 0.5) is 34.1 Å². The van der Waals surface area contributed by atoms with Crippen LogP contribution in [0.25, 0.3) is 91.5 Å². The van der Waals surface area contributed by atoms with Crippen LogP contribution < -0.4 is 24.5 Å². The van der Waals surface area contributed by atoms with E-state index in [1.165, 1.54) is 47.7 Å². The average Bonchev–Trinajstić information content (AvgIpc) is 1.70. The molecule has 458 valence electrons. The maximum absolute atomic E-state index is 6.13. The van der Waals surface area contributed by atoms with Crippen molar-refractivity contribution in [2.75, 3.05) is 52.7 Å². The Bertz CT molecular complexity index is 4830. The minimum Gasteiger partial charge on any atom is -0.514 e. The Morgan fingerprint density at radius 1 is 0.367 bits per heavy atom. The number of fused-ring (bicyclic) bond motifs is 13. The minimum absolute atomic E-state index is 0. The Kier molecular flexibility index (Phi) is 19.3. The van der Waals surface area contributed by atoms with Crippen LogP contribution in [-0.2, 0) is 80.4 Å². The van der Waals surface area contributed by atoms with Crippen molar-refractivity contribution in [2.45, 2.75) is 0 Å². The molecule has 0 atom stereocenters. The van der Waals surface area contributed by atoms with Crippen LogP contribution in [0.2, 0.25) is 0 Å². The van der Waals surface area contributed by atoms with E-state index in [1.54, 1.807) is 0 Å².